The Morgan fingerprint density at radius 1 is 1.16 bits per heavy atom. The number of carboxylic acid groups (broad SMARTS) is 1. The summed E-state index contributed by atoms with van der Waals surface area (Å²) in [5, 5.41) is 17.9. The fraction of sp³-hybridized carbons (Fsp3) is 0.280. The van der Waals surface area contributed by atoms with E-state index in [2.05, 4.69) is 15.4 Å². The number of carbonyl (C=O) groups excluding carboxylic acids is 1. The number of methoxy groups -OCH3 is 1. The molecule has 13 heteroatoms. The largest absolute Gasteiger partial charge is 0.497 e. The predicted molar refractivity (Wildman–Crippen MR) is 136 cm³/mol. The van der Waals surface area contributed by atoms with Gasteiger partial charge in [0.15, 0.2) is 5.58 Å². The van der Waals surface area contributed by atoms with E-state index in [1.54, 1.807) is 19.2 Å². The molecule has 0 aliphatic carbocycles. The summed E-state index contributed by atoms with van der Waals surface area (Å²) in [4.78, 5) is 28.3. The second kappa shape index (κ2) is 12.5. The molecule has 0 aliphatic rings. The van der Waals surface area contributed by atoms with E-state index in [1.165, 1.54) is 11.3 Å². The first-order valence-electron chi connectivity index (χ1n) is 11.2. The molecule has 1 amide bonds. The van der Waals surface area contributed by atoms with Gasteiger partial charge >= 0.3 is 12.1 Å². The lowest BCUT2D eigenvalue weighted by Gasteiger charge is -2.09. The van der Waals surface area contributed by atoms with Crippen molar-refractivity contribution in [2.24, 2.45) is 0 Å². The van der Waals surface area contributed by atoms with Crippen molar-refractivity contribution in [1.29, 1.82) is 0 Å². The SMILES string of the molecule is COc1ccc(-c2nc(-c3noc4ccc(C(=O)NCCCN(C)C)cc34)cs2)cc1.O=C(O)C(F)(F)F. The van der Waals surface area contributed by atoms with Crippen LogP contribution in [0.15, 0.2) is 52.4 Å². The monoisotopic (exact) mass is 550 g/mol. The molecule has 4 rings (SSSR count). The molecule has 2 N–H and O–H groups in total. The first kappa shape index (κ1) is 28.6. The predicted octanol–water partition coefficient (Wildman–Crippen LogP) is 4.94. The van der Waals surface area contributed by atoms with Crippen LogP contribution in [0.2, 0.25) is 0 Å². The molecule has 0 saturated heterocycles. The minimum absolute atomic E-state index is 0.106. The maximum Gasteiger partial charge on any atom is 0.490 e. The normalized spacial score (nSPS) is 11.2. The summed E-state index contributed by atoms with van der Waals surface area (Å²) in [7, 11) is 5.67. The molecule has 4 aromatic rings. The van der Waals surface area contributed by atoms with Gasteiger partial charge in [0.25, 0.3) is 5.91 Å². The molecule has 202 valence electrons. The molecule has 0 spiro atoms. The number of benzene rings is 2. The number of aliphatic carboxylic acids is 1. The van der Waals surface area contributed by atoms with Crippen molar-refractivity contribution in [3.05, 3.63) is 53.4 Å². The smallest absolute Gasteiger partial charge is 0.490 e. The van der Waals surface area contributed by atoms with E-state index in [4.69, 9.17) is 24.1 Å². The van der Waals surface area contributed by atoms with Gasteiger partial charge in [0.1, 0.15) is 22.1 Å². The zero-order valence-electron chi connectivity index (χ0n) is 20.7. The molecule has 2 heterocycles. The van der Waals surface area contributed by atoms with Crippen molar-refractivity contribution >= 4 is 34.2 Å². The van der Waals surface area contributed by atoms with Crippen LogP contribution in [-0.4, -0.2) is 72.5 Å². The maximum absolute atomic E-state index is 12.5. The third kappa shape index (κ3) is 7.52. The van der Waals surface area contributed by atoms with Gasteiger partial charge in [-0.3, -0.25) is 4.79 Å². The lowest BCUT2D eigenvalue weighted by molar-refractivity contribution is -0.192. The number of fused-ring (bicyclic) bond motifs is 1. The molecule has 0 atom stereocenters. The van der Waals surface area contributed by atoms with E-state index in [0.717, 1.165) is 40.4 Å². The third-order valence-electron chi connectivity index (χ3n) is 5.13. The van der Waals surface area contributed by atoms with E-state index in [1.807, 2.05) is 49.8 Å². The van der Waals surface area contributed by atoms with Crippen molar-refractivity contribution in [2.75, 3.05) is 34.3 Å². The van der Waals surface area contributed by atoms with Crippen LogP contribution in [0.3, 0.4) is 0 Å². The molecule has 0 radical (unpaired) electrons. The summed E-state index contributed by atoms with van der Waals surface area (Å²) in [6, 6.07) is 13.1. The zero-order chi connectivity index (χ0) is 27.9. The fourth-order valence-electron chi connectivity index (χ4n) is 3.21. The average molecular weight is 551 g/mol. The van der Waals surface area contributed by atoms with E-state index >= 15 is 0 Å². The Balaban J connectivity index is 0.000000505. The van der Waals surface area contributed by atoms with Crippen LogP contribution in [0.25, 0.3) is 32.9 Å². The Kier molecular flexibility index (Phi) is 9.42. The minimum atomic E-state index is -5.08. The van der Waals surface area contributed by atoms with Crippen LogP contribution in [0.5, 0.6) is 5.75 Å². The first-order valence-corrected chi connectivity index (χ1v) is 12.1. The van der Waals surface area contributed by atoms with Gasteiger partial charge in [-0.2, -0.15) is 13.2 Å². The highest BCUT2D eigenvalue weighted by Gasteiger charge is 2.38. The van der Waals surface area contributed by atoms with Crippen LogP contribution >= 0.6 is 11.3 Å². The molecule has 0 saturated carbocycles. The lowest BCUT2D eigenvalue weighted by atomic mass is 10.1. The fourth-order valence-corrected chi connectivity index (χ4v) is 4.02. The molecule has 0 fully saturated rings. The van der Waals surface area contributed by atoms with Gasteiger partial charge in [0, 0.05) is 23.1 Å². The molecular weight excluding hydrogens is 525 g/mol. The number of halogens is 3. The van der Waals surface area contributed by atoms with Gasteiger partial charge in [-0.05, 0) is 69.5 Å². The van der Waals surface area contributed by atoms with Crippen LogP contribution < -0.4 is 10.1 Å². The number of rotatable bonds is 8. The Hall–Kier alpha value is -3.97. The molecule has 2 aromatic carbocycles. The molecule has 38 heavy (non-hydrogen) atoms. The van der Waals surface area contributed by atoms with Gasteiger partial charge in [-0.1, -0.05) is 5.16 Å². The molecule has 9 nitrogen and oxygen atoms in total. The van der Waals surface area contributed by atoms with Gasteiger partial charge in [-0.25, -0.2) is 9.78 Å². The van der Waals surface area contributed by atoms with Crippen molar-refractivity contribution in [2.45, 2.75) is 12.6 Å². The van der Waals surface area contributed by atoms with Crippen LogP contribution in [-0.2, 0) is 4.79 Å². The van der Waals surface area contributed by atoms with Crippen molar-refractivity contribution in [1.82, 2.24) is 20.4 Å². The summed E-state index contributed by atoms with van der Waals surface area (Å²) in [6.45, 7) is 1.55. The number of carboxylic acids is 1. The number of carbonyl (C=O) groups is 2. The number of hydrogen-bond acceptors (Lipinski definition) is 8. The number of ether oxygens (including phenoxy) is 1. The summed E-state index contributed by atoms with van der Waals surface area (Å²) in [5.74, 6) is -2.06. The number of nitrogens with one attached hydrogen (secondary N) is 1. The van der Waals surface area contributed by atoms with Crippen molar-refractivity contribution < 1.29 is 37.1 Å². The molecular formula is C25H25F3N4O5S. The summed E-state index contributed by atoms with van der Waals surface area (Å²) in [6.07, 6.45) is -4.19. The number of alkyl halides is 3. The Morgan fingerprint density at radius 3 is 2.45 bits per heavy atom. The Labute approximate surface area is 219 Å². The quantitative estimate of drug-likeness (QED) is 0.296. The van der Waals surface area contributed by atoms with E-state index in [9.17, 15) is 18.0 Å². The highest BCUT2D eigenvalue weighted by molar-refractivity contribution is 7.13. The second-order valence-corrected chi connectivity index (χ2v) is 9.08. The van der Waals surface area contributed by atoms with Gasteiger partial charge in [0.05, 0.1) is 12.5 Å². The highest BCUT2D eigenvalue weighted by atomic mass is 32.1. The maximum atomic E-state index is 12.5. The number of amides is 1. The van der Waals surface area contributed by atoms with Crippen LogP contribution in [0.1, 0.15) is 16.8 Å². The highest BCUT2D eigenvalue weighted by Crippen LogP contribution is 2.33. The summed E-state index contributed by atoms with van der Waals surface area (Å²) < 4.78 is 42.4. The van der Waals surface area contributed by atoms with Crippen molar-refractivity contribution in [3.8, 4) is 27.7 Å². The van der Waals surface area contributed by atoms with E-state index in [0.29, 0.717) is 23.4 Å². The van der Waals surface area contributed by atoms with Gasteiger partial charge in [-0.15, -0.1) is 11.3 Å². The number of hydrogen-bond donors (Lipinski definition) is 2. The van der Waals surface area contributed by atoms with E-state index in [-0.39, 0.29) is 5.91 Å². The first-order chi connectivity index (χ1) is 18.0. The number of nitrogens with zero attached hydrogens (tertiary/aromatic N) is 3. The van der Waals surface area contributed by atoms with Crippen LogP contribution in [0, 0.1) is 0 Å². The molecule has 0 aliphatic heterocycles. The Morgan fingerprint density at radius 2 is 1.84 bits per heavy atom. The standard InChI is InChI=1S/C23H24N4O3S.C2HF3O2/c1-27(2)12-4-11-24-22(28)16-7-10-20-18(13-16)21(26-30-20)19-14-31-23(25-19)15-5-8-17(29-3)9-6-15;3-2(4,5)1(6)7/h5-10,13-14H,4,11-12H2,1-3H3,(H,24,28);(H,6,7). The zero-order valence-corrected chi connectivity index (χ0v) is 21.5. The second-order valence-electron chi connectivity index (χ2n) is 8.22. The molecule has 2 aromatic heterocycles. The van der Waals surface area contributed by atoms with Crippen molar-refractivity contribution in [3.63, 3.8) is 0 Å². The molecule has 0 unspecified atom stereocenters. The number of aromatic nitrogens is 2. The lowest BCUT2D eigenvalue weighted by Crippen LogP contribution is -2.27. The third-order valence-corrected chi connectivity index (χ3v) is 6.02. The number of thiazole rings is 1. The summed E-state index contributed by atoms with van der Waals surface area (Å²) in [5.41, 5.74) is 3.56. The van der Waals surface area contributed by atoms with Crippen LogP contribution in [0.4, 0.5) is 13.2 Å². The summed E-state index contributed by atoms with van der Waals surface area (Å²) >= 11 is 1.53. The van der Waals surface area contributed by atoms with Gasteiger partial charge in [0.2, 0.25) is 0 Å². The van der Waals surface area contributed by atoms with Gasteiger partial charge < -0.3 is 24.6 Å². The average Bonchev–Trinajstić information content (AvgIpc) is 3.53. The Bertz CT molecular complexity index is 1380. The topological polar surface area (TPSA) is 118 Å². The van der Waals surface area contributed by atoms with E-state index < -0.39 is 12.1 Å². The molecule has 0 bridgehead atoms. The minimum Gasteiger partial charge on any atom is -0.497 e.